The number of benzene rings is 2. The third-order valence-electron chi connectivity index (χ3n) is 3.90. The molecule has 1 atom stereocenters. The van der Waals surface area contributed by atoms with Gasteiger partial charge in [-0.1, -0.05) is 23.9 Å². The van der Waals surface area contributed by atoms with Gasteiger partial charge in [-0.05, 0) is 43.3 Å². The summed E-state index contributed by atoms with van der Waals surface area (Å²) in [7, 11) is 3.91. The van der Waals surface area contributed by atoms with Crippen LogP contribution in [0.15, 0.2) is 53.7 Å². The average molecular weight is 385 g/mol. The SMILES string of the molecule is CC(Sc1n[nH]c(-c2ccccc2F)n1)C(=O)Nc1ccc(N(C)C)cc1. The van der Waals surface area contributed by atoms with Crippen molar-refractivity contribution >= 4 is 29.0 Å². The molecular formula is C19H20FN5OS. The van der Waals surface area contributed by atoms with E-state index in [1.165, 1.54) is 17.8 Å². The molecule has 0 aliphatic heterocycles. The summed E-state index contributed by atoms with van der Waals surface area (Å²) in [5, 5.41) is 9.63. The van der Waals surface area contributed by atoms with Gasteiger partial charge in [0.05, 0.1) is 10.8 Å². The van der Waals surface area contributed by atoms with E-state index >= 15 is 0 Å². The summed E-state index contributed by atoms with van der Waals surface area (Å²) in [4.78, 5) is 18.7. The van der Waals surface area contributed by atoms with Gasteiger partial charge in [-0.15, -0.1) is 5.10 Å². The van der Waals surface area contributed by atoms with Crippen molar-refractivity contribution in [1.82, 2.24) is 15.2 Å². The number of aromatic amines is 1. The van der Waals surface area contributed by atoms with E-state index in [1.54, 1.807) is 25.1 Å². The second-order valence-electron chi connectivity index (χ2n) is 6.14. The molecule has 27 heavy (non-hydrogen) atoms. The first-order chi connectivity index (χ1) is 12.9. The van der Waals surface area contributed by atoms with Crippen molar-refractivity contribution < 1.29 is 9.18 Å². The number of amides is 1. The maximum atomic E-state index is 13.8. The number of carbonyl (C=O) groups is 1. The van der Waals surface area contributed by atoms with Crippen LogP contribution in [0, 0.1) is 5.82 Å². The zero-order valence-electron chi connectivity index (χ0n) is 15.2. The normalized spacial score (nSPS) is 11.9. The Morgan fingerprint density at radius 2 is 1.89 bits per heavy atom. The van der Waals surface area contributed by atoms with Gasteiger partial charge < -0.3 is 10.2 Å². The fourth-order valence-electron chi connectivity index (χ4n) is 2.37. The van der Waals surface area contributed by atoms with Crippen LogP contribution in [0.5, 0.6) is 0 Å². The predicted octanol–water partition coefficient (Wildman–Crippen LogP) is 3.80. The molecule has 0 fully saturated rings. The van der Waals surface area contributed by atoms with Gasteiger partial charge in [0.15, 0.2) is 5.82 Å². The number of anilines is 2. The van der Waals surface area contributed by atoms with Crippen LogP contribution >= 0.6 is 11.8 Å². The molecule has 1 unspecified atom stereocenters. The van der Waals surface area contributed by atoms with Crippen LogP contribution in [0.3, 0.4) is 0 Å². The highest BCUT2D eigenvalue weighted by molar-refractivity contribution is 8.00. The lowest BCUT2D eigenvalue weighted by Gasteiger charge is -2.14. The molecule has 140 valence electrons. The maximum Gasteiger partial charge on any atom is 0.237 e. The number of H-pyrrole nitrogens is 1. The smallest absolute Gasteiger partial charge is 0.237 e. The van der Waals surface area contributed by atoms with Gasteiger partial charge in [-0.2, -0.15) is 0 Å². The predicted molar refractivity (Wildman–Crippen MR) is 106 cm³/mol. The number of aromatic nitrogens is 3. The van der Waals surface area contributed by atoms with E-state index in [2.05, 4.69) is 20.5 Å². The Bertz CT molecular complexity index is 926. The molecule has 0 bridgehead atoms. The van der Waals surface area contributed by atoms with Crippen LogP contribution in [0.4, 0.5) is 15.8 Å². The van der Waals surface area contributed by atoms with Crippen LogP contribution in [-0.2, 0) is 4.79 Å². The summed E-state index contributed by atoms with van der Waals surface area (Å²) in [6, 6.07) is 13.9. The molecule has 8 heteroatoms. The molecule has 3 rings (SSSR count). The number of hydrogen-bond acceptors (Lipinski definition) is 5. The van der Waals surface area contributed by atoms with E-state index < -0.39 is 5.25 Å². The molecule has 6 nitrogen and oxygen atoms in total. The monoisotopic (exact) mass is 385 g/mol. The Labute approximate surface area is 161 Å². The molecule has 1 aromatic heterocycles. The summed E-state index contributed by atoms with van der Waals surface area (Å²) in [5.74, 6) is -0.200. The summed E-state index contributed by atoms with van der Waals surface area (Å²) in [6.07, 6.45) is 0. The van der Waals surface area contributed by atoms with Crippen LogP contribution in [0.25, 0.3) is 11.4 Å². The number of rotatable bonds is 6. The first-order valence-electron chi connectivity index (χ1n) is 8.36. The number of nitrogens with zero attached hydrogens (tertiary/aromatic N) is 3. The number of carbonyl (C=O) groups excluding carboxylic acids is 1. The Morgan fingerprint density at radius 3 is 2.56 bits per heavy atom. The van der Waals surface area contributed by atoms with E-state index in [-0.39, 0.29) is 11.7 Å². The lowest BCUT2D eigenvalue weighted by atomic mass is 10.2. The van der Waals surface area contributed by atoms with Crippen molar-refractivity contribution in [3.05, 3.63) is 54.3 Å². The lowest BCUT2D eigenvalue weighted by Crippen LogP contribution is -2.22. The zero-order valence-corrected chi connectivity index (χ0v) is 16.0. The van der Waals surface area contributed by atoms with Gasteiger partial charge in [0, 0.05) is 25.5 Å². The van der Waals surface area contributed by atoms with Crippen LogP contribution in [0.1, 0.15) is 6.92 Å². The molecule has 3 aromatic rings. The average Bonchev–Trinajstić information content (AvgIpc) is 3.10. The van der Waals surface area contributed by atoms with Gasteiger partial charge >= 0.3 is 0 Å². The summed E-state index contributed by atoms with van der Waals surface area (Å²) in [5.41, 5.74) is 2.12. The first kappa shape index (κ1) is 18.9. The van der Waals surface area contributed by atoms with Crippen molar-refractivity contribution in [3.63, 3.8) is 0 Å². The van der Waals surface area contributed by atoms with Crippen LogP contribution in [-0.4, -0.2) is 40.4 Å². The van der Waals surface area contributed by atoms with E-state index in [1.807, 2.05) is 43.3 Å². The highest BCUT2D eigenvalue weighted by Crippen LogP contribution is 2.25. The van der Waals surface area contributed by atoms with E-state index in [0.29, 0.717) is 16.5 Å². The highest BCUT2D eigenvalue weighted by atomic mass is 32.2. The third kappa shape index (κ3) is 4.65. The Hall–Kier alpha value is -2.87. The van der Waals surface area contributed by atoms with Crippen molar-refractivity contribution in [2.75, 3.05) is 24.3 Å². The van der Waals surface area contributed by atoms with Crippen molar-refractivity contribution in [2.24, 2.45) is 0 Å². The Morgan fingerprint density at radius 1 is 1.19 bits per heavy atom. The largest absolute Gasteiger partial charge is 0.378 e. The Kier molecular flexibility index (Phi) is 5.75. The molecule has 0 saturated heterocycles. The standard InChI is InChI=1S/C19H20FN5OS/c1-12(18(26)21-13-8-10-14(11-9-13)25(2)3)27-19-22-17(23-24-19)15-6-4-5-7-16(15)20/h4-12H,1-3H3,(H,21,26)(H,22,23,24). The van der Waals surface area contributed by atoms with Gasteiger partial charge in [-0.25, -0.2) is 9.37 Å². The number of halogens is 1. The van der Waals surface area contributed by atoms with Crippen LogP contribution in [0.2, 0.25) is 0 Å². The molecule has 0 aliphatic rings. The fourth-order valence-corrected chi connectivity index (χ4v) is 3.10. The number of nitrogens with one attached hydrogen (secondary N) is 2. The molecule has 1 amide bonds. The van der Waals surface area contributed by atoms with Crippen molar-refractivity contribution in [2.45, 2.75) is 17.3 Å². The molecule has 0 radical (unpaired) electrons. The highest BCUT2D eigenvalue weighted by Gasteiger charge is 2.18. The first-order valence-corrected chi connectivity index (χ1v) is 9.24. The molecule has 2 aromatic carbocycles. The molecule has 2 N–H and O–H groups in total. The summed E-state index contributed by atoms with van der Waals surface area (Å²) >= 11 is 1.20. The van der Waals surface area contributed by atoms with Crippen molar-refractivity contribution in [1.29, 1.82) is 0 Å². The molecule has 0 aliphatic carbocycles. The third-order valence-corrected chi connectivity index (χ3v) is 4.86. The molecular weight excluding hydrogens is 365 g/mol. The minimum Gasteiger partial charge on any atom is -0.378 e. The quantitative estimate of drug-likeness (QED) is 0.632. The number of hydrogen-bond donors (Lipinski definition) is 2. The molecule has 0 spiro atoms. The Balaban J connectivity index is 1.62. The summed E-state index contributed by atoms with van der Waals surface area (Å²) in [6.45, 7) is 1.77. The van der Waals surface area contributed by atoms with E-state index in [9.17, 15) is 9.18 Å². The van der Waals surface area contributed by atoms with Crippen molar-refractivity contribution in [3.8, 4) is 11.4 Å². The minimum atomic E-state index is -0.414. The van der Waals surface area contributed by atoms with Gasteiger partial charge in [0.1, 0.15) is 5.82 Å². The fraction of sp³-hybridized carbons (Fsp3) is 0.211. The molecule has 0 saturated carbocycles. The minimum absolute atomic E-state index is 0.158. The lowest BCUT2D eigenvalue weighted by molar-refractivity contribution is -0.115. The maximum absolute atomic E-state index is 13.8. The second-order valence-corrected chi connectivity index (χ2v) is 7.45. The van der Waals surface area contributed by atoms with E-state index in [4.69, 9.17) is 0 Å². The van der Waals surface area contributed by atoms with Gasteiger partial charge in [-0.3, -0.25) is 9.89 Å². The second kappa shape index (κ2) is 8.22. The number of thioether (sulfide) groups is 1. The van der Waals surface area contributed by atoms with Gasteiger partial charge in [0.2, 0.25) is 11.1 Å². The zero-order chi connectivity index (χ0) is 19.4. The molecule has 1 heterocycles. The summed E-state index contributed by atoms with van der Waals surface area (Å²) < 4.78 is 13.8. The topological polar surface area (TPSA) is 73.9 Å². The van der Waals surface area contributed by atoms with E-state index in [0.717, 1.165) is 11.4 Å². The van der Waals surface area contributed by atoms with Gasteiger partial charge in [0.25, 0.3) is 0 Å². The van der Waals surface area contributed by atoms with Crippen LogP contribution < -0.4 is 10.2 Å².